The van der Waals surface area contributed by atoms with Crippen molar-refractivity contribution in [3.05, 3.63) is 176 Å². The SMILES string of the molecule is C#Cc1ccc(C#Cc2cc(C#Cc3ccc(C#C)cc3)c(C#Cc3ccc(C#C)cc3)cc2C#Cc2ccc(C#C)cc2)cc1.CC. The fourth-order valence-corrected chi connectivity index (χ4v) is 4.17. The van der Waals surface area contributed by atoms with Crippen LogP contribution in [-0.4, -0.2) is 0 Å². The van der Waals surface area contributed by atoms with Gasteiger partial charge in [-0.05, 0) is 109 Å². The highest BCUT2D eigenvalue weighted by Gasteiger charge is 2.06. The summed E-state index contributed by atoms with van der Waals surface area (Å²) in [5, 5.41) is 0. The summed E-state index contributed by atoms with van der Waals surface area (Å²) >= 11 is 0. The molecule has 5 rings (SSSR count). The van der Waals surface area contributed by atoms with Gasteiger partial charge in [-0.25, -0.2) is 0 Å². The zero-order valence-corrected chi connectivity index (χ0v) is 26.7. The van der Waals surface area contributed by atoms with Gasteiger partial charge in [0.05, 0.1) is 0 Å². The number of hydrogen-bond donors (Lipinski definition) is 0. The first-order valence-electron chi connectivity index (χ1n) is 15.1. The molecule has 5 aromatic carbocycles. The minimum Gasteiger partial charge on any atom is -0.115 e. The predicted octanol–water partition coefficient (Wildman–Crippen LogP) is 8.24. The van der Waals surface area contributed by atoms with E-state index in [1.165, 1.54) is 0 Å². The van der Waals surface area contributed by atoms with Crippen LogP contribution in [0.5, 0.6) is 0 Å². The molecular formula is C48H28. The lowest BCUT2D eigenvalue weighted by Crippen LogP contribution is -1.93. The number of benzene rings is 5. The van der Waals surface area contributed by atoms with E-state index in [1.54, 1.807) is 0 Å². The summed E-state index contributed by atoms with van der Waals surface area (Å²) in [5.41, 5.74) is 9.30. The predicted molar refractivity (Wildman–Crippen MR) is 199 cm³/mol. The van der Waals surface area contributed by atoms with Gasteiger partial charge in [-0.2, -0.15) is 0 Å². The molecule has 0 radical (unpaired) electrons. The third kappa shape index (κ3) is 9.29. The molecule has 220 valence electrons. The van der Waals surface area contributed by atoms with E-state index in [0.717, 1.165) is 44.5 Å². The van der Waals surface area contributed by atoms with Crippen molar-refractivity contribution in [2.45, 2.75) is 13.8 Å². The third-order valence-electron chi connectivity index (χ3n) is 6.73. The Morgan fingerprint density at radius 2 is 0.438 bits per heavy atom. The highest BCUT2D eigenvalue weighted by molar-refractivity contribution is 5.64. The van der Waals surface area contributed by atoms with Gasteiger partial charge >= 0.3 is 0 Å². The molecule has 0 unspecified atom stereocenters. The lowest BCUT2D eigenvalue weighted by atomic mass is 9.97. The molecule has 0 bridgehead atoms. The van der Waals surface area contributed by atoms with Crippen LogP contribution in [0.3, 0.4) is 0 Å². The third-order valence-corrected chi connectivity index (χ3v) is 6.73. The topological polar surface area (TPSA) is 0 Å². The summed E-state index contributed by atoms with van der Waals surface area (Å²) < 4.78 is 0. The molecule has 0 aliphatic carbocycles. The van der Waals surface area contributed by atoms with Gasteiger partial charge in [0.2, 0.25) is 0 Å². The zero-order chi connectivity index (χ0) is 34.1. The van der Waals surface area contributed by atoms with Gasteiger partial charge in [-0.15, -0.1) is 25.7 Å². The molecule has 0 atom stereocenters. The summed E-state index contributed by atoms with van der Waals surface area (Å²) in [6.07, 6.45) is 22.1. The number of rotatable bonds is 0. The number of terminal acetylenes is 4. The highest BCUT2D eigenvalue weighted by atomic mass is 14.1. The van der Waals surface area contributed by atoms with Crippen LogP contribution in [0.1, 0.15) is 80.6 Å². The second kappa shape index (κ2) is 17.2. The van der Waals surface area contributed by atoms with Crippen molar-refractivity contribution in [2.24, 2.45) is 0 Å². The van der Waals surface area contributed by atoms with E-state index < -0.39 is 0 Å². The summed E-state index contributed by atoms with van der Waals surface area (Å²) in [6.45, 7) is 4.00. The van der Waals surface area contributed by atoms with Crippen LogP contribution in [0, 0.1) is 96.7 Å². The molecule has 0 aromatic heterocycles. The standard InChI is InChI=1S/C46H22.C2H6/c1-5-35-9-17-39(18-10-35)25-29-43-33-45(31-27-41-21-13-37(7-3)14-22-41)46(32-28-42-23-15-38(8-4)16-24-42)34-44(43)30-26-40-19-11-36(6-2)12-20-40;1-2/h1-4,9-24,33-34H;1-2H3. The lowest BCUT2D eigenvalue weighted by molar-refractivity contribution is 1.50. The number of hydrogen-bond acceptors (Lipinski definition) is 0. The van der Waals surface area contributed by atoms with Crippen molar-refractivity contribution in [2.75, 3.05) is 0 Å². The van der Waals surface area contributed by atoms with Crippen molar-refractivity contribution in [1.29, 1.82) is 0 Å². The summed E-state index contributed by atoms with van der Waals surface area (Å²) in [4.78, 5) is 0. The fraction of sp³-hybridized carbons (Fsp3) is 0.0417. The maximum Gasteiger partial charge on any atom is 0.0419 e. The Balaban J connectivity index is 0.00000255. The molecule has 0 aliphatic heterocycles. The highest BCUT2D eigenvalue weighted by Crippen LogP contribution is 2.17. The molecule has 0 heterocycles. The average molecular weight is 605 g/mol. The first kappa shape index (κ1) is 33.5. The quantitative estimate of drug-likeness (QED) is 0.156. The first-order valence-corrected chi connectivity index (χ1v) is 15.1. The van der Waals surface area contributed by atoms with Gasteiger partial charge in [0.1, 0.15) is 0 Å². The molecule has 0 spiro atoms. The Bertz CT molecular complexity index is 2010. The molecule has 0 amide bonds. The molecule has 5 aromatic rings. The van der Waals surface area contributed by atoms with E-state index in [0.29, 0.717) is 22.3 Å². The van der Waals surface area contributed by atoms with Gasteiger partial charge in [0.15, 0.2) is 0 Å². The van der Waals surface area contributed by atoms with E-state index in [4.69, 9.17) is 25.7 Å². The molecule has 0 saturated heterocycles. The van der Waals surface area contributed by atoms with Crippen molar-refractivity contribution in [3.63, 3.8) is 0 Å². The smallest absolute Gasteiger partial charge is 0.0419 e. The molecule has 0 N–H and O–H groups in total. The van der Waals surface area contributed by atoms with Crippen molar-refractivity contribution >= 4 is 0 Å². The Kier molecular flexibility index (Phi) is 12.0. The summed E-state index contributed by atoms with van der Waals surface area (Å²) in [7, 11) is 0. The van der Waals surface area contributed by atoms with Crippen molar-refractivity contribution in [3.8, 4) is 96.7 Å². The minimum absolute atomic E-state index is 0.713. The molecule has 0 saturated carbocycles. The molecule has 0 nitrogen and oxygen atoms in total. The van der Waals surface area contributed by atoms with Crippen LogP contribution in [0.2, 0.25) is 0 Å². The zero-order valence-electron chi connectivity index (χ0n) is 26.7. The van der Waals surface area contributed by atoms with Crippen LogP contribution >= 0.6 is 0 Å². The van der Waals surface area contributed by atoms with Gasteiger partial charge in [0, 0.05) is 66.8 Å². The van der Waals surface area contributed by atoms with Crippen LogP contribution in [0.25, 0.3) is 0 Å². The van der Waals surface area contributed by atoms with Gasteiger partial charge in [-0.3, -0.25) is 0 Å². The maximum atomic E-state index is 5.52. The first-order chi connectivity index (χ1) is 23.6. The van der Waals surface area contributed by atoms with Crippen LogP contribution in [-0.2, 0) is 0 Å². The summed E-state index contributed by atoms with van der Waals surface area (Å²) in [6, 6.07) is 33.9. The molecule has 0 fully saturated rings. The van der Waals surface area contributed by atoms with Crippen LogP contribution < -0.4 is 0 Å². The molecular weight excluding hydrogens is 577 g/mol. The minimum atomic E-state index is 0.713. The van der Waals surface area contributed by atoms with Crippen LogP contribution in [0.15, 0.2) is 109 Å². The molecule has 48 heavy (non-hydrogen) atoms. The second-order valence-corrected chi connectivity index (χ2v) is 9.83. The normalized spacial score (nSPS) is 8.71. The second-order valence-electron chi connectivity index (χ2n) is 9.83. The average Bonchev–Trinajstić information content (AvgIpc) is 3.16. The van der Waals surface area contributed by atoms with Gasteiger partial charge in [0.25, 0.3) is 0 Å². The maximum absolute atomic E-state index is 5.52. The van der Waals surface area contributed by atoms with Crippen molar-refractivity contribution < 1.29 is 0 Å². The van der Waals surface area contributed by atoms with Gasteiger partial charge < -0.3 is 0 Å². The largest absolute Gasteiger partial charge is 0.115 e. The van der Waals surface area contributed by atoms with E-state index >= 15 is 0 Å². The Labute approximate surface area is 285 Å². The fourth-order valence-electron chi connectivity index (χ4n) is 4.17. The van der Waals surface area contributed by atoms with Crippen molar-refractivity contribution in [1.82, 2.24) is 0 Å². The van der Waals surface area contributed by atoms with Gasteiger partial charge in [-0.1, -0.05) is 84.9 Å². The van der Waals surface area contributed by atoms with E-state index in [1.807, 2.05) is 123 Å². The molecule has 0 heteroatoms. The van der Waals surface area contributed by atoms with E-state index in [9.17, 15) is 0 Å². The van der Waals surface area contributed by atoms with Crippen LogP contribution in [0.4, 0.5) is 0 Å². The van der Waals surface area contributed by atoms with E-state index in [2.05, 4.69) is 71.0 Å². The lowest BCUT2D eigenvalue weighted by Gasteiger charge is -2.04. The Morgan fingerprint density at radius 1 is 0.271 bits per heavy atom. The van der Waals surface area contributed by atoms with E-state index in [-0.39, 0.29) is 0 Å². The monoisotopic (exact) mass is 604 g/mol. The Hall–Kier alpha value is -7.42. The Morgan fingerprint density at radius 3 is 0.604 bits per heavy atom. The molecule has 0 aliphatic rings. The summed E-state index contributed by atoms with van der Waals surface area (Å²) in [5.74, 6) is 36.7.